The van der Waals surface area contributed by atoms with Crippen LogP contribution < -0.4 is 5.32 Å². The summed E-state index contributed by atoms with van der Waals surface area (Å²) in [5.41, 5.74) is 4.50. The Kier molecular flexibility index (Phi) is 3.15. The van der Waals surface area contributed by atoms with Crippen LogP contribution in [0.25, 0.3) is 10.8 Å². The first-order chi connectivity index (χ1) is 12.3. The fraction of sp³-hybridized carbons (Fsp3) is 0.174. The Balaban J connectivity index is 1.61. The van der Waals surface area contributed by atoms with Gasteiger partial charge in [-0.15, -0.1) is 0 Å². The SMILES string of the molecule is N#Cc1ccc2c(c1)C1C=CCC1C(c1ccc3ccccc3c1)N2. The highest BCUT2D eigenvalue weighted by Crippen LogP contribution is 2.50. The van der Waals surface area contributed by atoms with Crippen LogP contribution in [-0.4, -0.2) is 0 Å². The molecule has 120 valence electrons. The molecule has 3 atom stereocenters. The third-order valence-electron chi connectivity index (χ3n) is 5.62. The first-order valence-electron chi connectivity index (χ1n) is 8.79. The highest BCUT2D eigenvalue weighted by molar-refractivity contribution is 5.83. The van der Waals surface area contributed by atoms with Crippen molar-refractivity contribution in [3.63, 3.8) is 0 Å². The lowest BCUT2D eigenvalue weighted by molar-refractivity contribution is 0.426. The van der Waals surface area contributed by atoms with E-state index in [2.05, 4.69) is 72.1 Å². The van der Waals surface area contributed by atoms with Crippen LogP contribution in [0, 0.1) is 17.2 Å². The van der Waals surface area contributed by atoms with Gasteiger partial charge in [-0.05, 0) is 58.5 Å². The molecule has 0 bridgehead atoms. The Morgan fingerprint density at radius 1 is 0.960 bits per heavy atom. The summed E-state index contributed by atoms with van der Waals surface area (Å²) in [6, 6.07) is 23.9. The zero-order valence-electron chi connectivity index (χ0n) is 13.8. The smallest absolute Gasteiger partial charge is 0.0991 e. The summed E-state index contributed by atoms with van der Waals surface area (Å²) in [6.07, 6.45) is 5.68. The molecule has 0 aromatic heterocycles. The van der Waals surface area contributed by atoms with Gasteiger partial charge in [-0.2, -0.15) is 5.26 Å². The van der Waals surface area contributed by atoms with Gasteiger partial charge in [0, 0.05) is 11.6 Å². The molecule has 2 nitrogen and oxygen atoms in total. The van der Waals surface area contributed by atoms with E-state index in [1.165, 1.54) is 21.9 Å². The number of fused-ring (bicyclic) bond motifs is 4. The lowest BCUT2D eigenvalue weighted by Gasteiger charge is -2.37. The summed E-state index contributed by atoms with van der Waals surface area (Å²) in [7, 11) is 0. The van der Waals surface area contributed by atoms with Crippen molar-refractivity contribution in [3.8, 4) is 6.07 Å². The molecule has 3 aromatic rings. The molecule has 2 heteroatoms. The molecular weight excluding hydrogens is 304 g/mol. The fourth-order valence-electron chi connectivity index (χ4n) is 4.40. The van der Waals surface area contributed by atoms with Crippen LogP contribution in [0.4, 0.5) is 5.69 Å². The van der Waals surface area contributed by atoms with Crippen LogP contribution in [0.3, 0.4) is 0 Å². The topological polar surface area (TPSA) is 35.8 Å². The summed E-state index contributed by atoms with van der Waals surface area (Å²) in [6.45, 7) is 0. The van der Waals surface area contributed by atoms with E-state index in [1.54, 1.807) is 0 Å². The minimum absolute atomic E-state index is 0.296. The lowest BCUT2D eigenvalue weighted by Crippen LogP contribution is -2.29. The van der Waals surface area contributed by atoms with Gasteiger partial charge in [-0.1, -0.05) is 48.6 Å². The first kappa shape index (κ1) is 14.3. The van der Waals surface area contributed by atoms with Crippen LogP contribution in [-0.2, 0) is 0 Å². The van der Waals surface area contributed by atoms with Gasteiger partial charge < -0.3 is 5.32 Å². The molecule has 3 aromatic carbocycles. The molecule has 5 rings (SSSR count). The Labute approximate surface area is 147 Å². The number of nitrogens with one attached hydrogen (secondary N) is 1. The fourth-order valence-corrected chi connectivity index (χ4v) is 4.40. The molecule has 2 aliphatic rings. The van der Waals surface area contributed by atoms with E-state index in [9.17, 15) is 5.26 Å². The molecule has 0 amide bonds. The van der Waals surface area contributed by atoms with Crippen LogP contribution in [0.2, 0.25) is 0 Å². The van der Waals surface area contributed by atoms with Crippen molar-refractivity contribution >= 4 is 16.5 Å². The molecule has 0 spiro atoms. The summed E-state index contributed by atoms with van der Waals surface area (Å²) in [5.74, 6) is 0.892. The van der Waals surface area contributed by atoms with Gasteiger partial charge in [0.2, 0.25) is 0 Å². The van der Waals surface area contributed by atoms with Crippen molar-refractivity contribution in [1.29, 1.82) is 5.26 Å². The third kappa shape index (κ3) is 2.24. The van der Waals surface area contributed by atoms with Crippen molar-refractivity contribution in [2.45, 2.75) is 18.4 Å². The zero-order valence-corrected chi connectivity index (χ0v) is 13.8. The number of nitrogens with zero attached hydrogens (tertiary/aromatic N) is 1. The molecule has 25 heavy (non-hydrogen) atoms. The van der Waals surface area contributed by atoms with Crippen molar-refractivity contribution in [3.05, 3.63) is 89.5 Å². The number of nitriles is 1. The van der Waals surface area contributed by atoms with Crippen LogP contribution in [0.15, 0.2) is 72.8 Å². The molecule has 1 aliphatic carbocycles. The van der Waals surface area contributed by atoms with E-state index in [4.69, 9.17) is 0 Å². The largest absolute Gasteiger partial charge is 0.378 e. The standard InChI is InChI=1S/C23H18N2/c24-14-15-8-11-22-21(12-15)19-6-3-7-20(19)23(25-22)18-10-9-16-4-1-2-5-17(16)13-18/h1-6,8-13,19-20,23,25H,7H2. The van der Waals surface area contributed by atoms with E-state index < -0.39 is 0 Å². The van der Waals surface area contributed by atoms with Gasteiger partial charge in [0.1, 0.15) is 0 Å². The van der Waals surface area contributed by atoms with E-state index in [-0.39, 0.29) is 0 Å². The average molecular weight is 322 g/mol. The second kappa shape index (κ2) is 5.50. The van der Waals surface area contributed by atoms with E-state index >= 15 is 0 Å². The molecule has 1 aliphatic heterocycles. The molecule has 0 saturated carbocycles. The minimum Gasteiger partial charge on any atom is -0.378 e. The monoisotopic (exact) mass is 322 g/mol. The van der Waals surface area contributed by atoms with Crippen LogP contribution in [0.5, 0.6) is 0 Å². The number of rotatable bonds is 1. The highest BCUT2D eigenvalue weighted by atomic mass is 15.0. The molecule has 0 saturated heterocycles. The maximum atomic E-state index is 9.22. The first-order valence-corrected chi connectivity index (χ1v) is 8.79. The van der Waals surface area contributed by atoms with Crippen molar-refractivity contribution < 1.29 is 0 Å². The van der Waals surface area contributed by atoms with Crippen molar-refractivity contribution in [2.75, 3.05) is 5.32 Å². The molecule has 1 heterocycles. The quantitative estimate of drug-likeness (QED) is 0.597. The van der Waals surface area contributed by atoms with Gasteiger partial charge >= 0.3 is 0 Å². The molecule has 0 fully saturated rings. The number of hydrogen-bond acceptors (Lipinski definition) is 2. The normalized spacial score (nSPS) is 23.6. The second-order valence-electron chi connectivity index (χ2n) is 7.00. The summed E-state index contributed by atoms with van der Waals surface area (Å²) >= 11 is 0. The Morgan fingerprint density at radius 3 is 2.72 bits per heavy atom. The highest BCUT2D eigenvalue weighted by Gasteiger charge is 2.37. The summed E-state index contributed by atoms with van der Waals surface area (Å²) in [5, 5.41) is 15.5. The van der Waals surface area contributed by atoms with Gasteiger partial charge in [0.25, 0.3) is 0 Å². The molecule has 1 N–H and O–H groups in total. The Bertz CT molecular complexity index is 1040. The predicted octanol–water partition coefficient (Wildman–Crippen LogP) is 5.54. The number of hydrogen-bond donors (Lipinski definition) is 1. The molecular formula is C23H18N2. The number of anilines is 1. The van der Waals surface area contributed by atoms with E-state index in [1.807, 2.05) is 12.1 Å². The number of benzene rings is 3. The maximum Gasteiger partial charge on any atom is 0.0991 e. The lowest BCUT2D eigenvalue weighted by atomic mass is 9.76. The average Bonchev–Trinajstić information content (AvgIpc) is 3.16. The summed E-state index contributed by atoms with van der Waals surface area (Å²) in [4.78, 5) is 0. The summed E-state index contributed by atoms with van der Waals surface area (Å²) < 4.78 is 0. The van der Waals surface area contributed by atoms with E-state index in [0.29, 0.717) is 17.9 Å². The van der Waals surface area contributed by atoms with E-state index in [0.717, 1.165) is 17.7 Å². The second-order valence-corrected chi connectivity index (χ2v) is 7.00. The van der Waals surface area contributed by atoms with Crippen LogP contribution >= 0.6 is 0 Å². The zero-order chi connectivity index (χ0) is 16.8. The van der Waals surface area contributed by atoms with Gasteiger partial charge in [0.05, 0.1) is 17.7 Å². The Hall–Kier alpha value is -3.05. The number of allylic oxidation sites excluding steroid dienone is 2. The maximum absolute atomic E-state index is 9.22. The molecule has 3 unspecified atom stereocenters. The van der Waals surface area contributed by atoms with Crippen molar-refractivity contribution in [2.24, 2.45) is 5.92 Å². The van der Waals surface area contributed by atoms with Crippen LogP contribution in [0.1, 0.15) is 35.1 Å². The van der Waals surface area contributed by atoms with Crippen molar-refractivity contribution in [1.82, 2.24) is 0 Å². The minimum atomic E-state index is 0.296. The van der Waals surface area contributed by atoms with Gasteiger partial charge in [0.15, 0.2) is 0 Å². The van der Waals surface area contributed by atoms with Gasteiger partial charge in [-0.3, -0.25) is 0 Å². The Morgan fingerprint density at radius 2 is 1.84 bits per heavy atom. The van der Waals surface area contributed by atoms with Gasteiger partial charge in [-0.25, -0.2) is 0 Å². The molecule has 0 radical (unpaired) electrons. The predicted molar refractivity (Wildman–Crippen MR) is 101 cm³/mol. The third-order valence-corrected chi connectivity index (χ3v) is 5.62.